The van der Waals surface area contributed by atoms with E-state index in [9.17, 15) is 4.79 Å². The zero-order valence-electron chi connectivity index (χ0n) is 11.4. The predicted octanol–water partition coefficient (Wildman–Crippen LogP) is 3.33. The van der Waals surface area contributed by atoms with E-state index in [1.807, 2.05) is 18.2 Å². The molecule has 0 spiro atoms. The number of carbonyl (C=O) groups is 1. The van der Waals surface area contributed by atoms with E-state index >= 15 is 0 Å². The van der Waals surface area contributed by atoms with Crippen molar-refractivity contribution in [3.63, 3.8) is 0 Å². The maximum absolute atomic E-state index is 11.1. The summed E-state index contributed by atoms with van der Waals surface area (Å²) in [6.45, 7) is 6.40. The highest BCUT2D eigenvalue weighted by molar-refractivity contribution is 8.03. The van der Waals surface area contributed by atoms with Crippen LogP contribution >= 0.6 is 11.8 Å². The van der Waals surface area contributed by atoms with Gasteiger partial charge in [0.15, 0.2) is 0 Å². The molecular weight excluding hydrogens is 258 g/mol. The van der Waals surface area contributed by atoms with Crippen LogP contribution < -0.4 is 5.32 Å². The van der Waals surface area contributed by atoms with Crippen LogP contribution in [0.15, 0.2) is 41.4 Å². The van der Waals surface area contributed by atoms with Crippen molar-refractivity contribution < 1.29 is 9.90 Å². The summed E-state index contributed by atoms with van der Waals surface area (Å²) in [5.74, 6) is -0.897. The van der Waals surface area contributed by atoms with E-state index in [2.05, 4.69) is 38.2 Å². The molecule has 0 saturated heterocycles. The predicted molar refractivity (Wildman–Crippen MR) is 78.9 cm³/mol. The summed E-state index contributed by atoms with van der Waals surface area (Å²) in [5, 5.41) is 14.1. The molecule has 0 bridgehead atoms. The Hall–Kier alpha value is -1.42. The topological polar surface area (TPSA) is 49.3 Å². The molecule has 0 fully saturated rings. The fourth-order valence-corrected chi connectivity index (χ4v) is 3.77. The van der Waals surface area contributed by atoms with Gasteiger partial charge in [-0.05, 0) is 12.0 Å². The summed E-state index contributed by atoms with van der Waals surface area (Å²) in [6.07, 6.45) is 0.840. The molecule has 4 heteroatoms. The minimum Gasteiger partial charge on any atom is -0.477 e. The van der Waals surface area contributed by atoms with Crippen LogP contribution in [-0.4, -0.2) is 15.9 Å². The second-order valence-corrected chi connectivity index (χ2v) is 6.42. The van der Waals surface area contributed by atoms with Crippen LogP contribution in [0.4, 0.5) is 0 Å². The van der Waals surface area contributed by atoms with Crippen molar-refractivity contribution in [1.29, 1.82) is 0 Å². The van der Waals surface area contributed by atoms with Gasteiger partial charge in [0.1, 0.15) is 5.70 Å². The highest BCUT2D eigenvalue weighted by Gasteiger charge is 2.48. The van der Waals surface area contributed by atoms with E-state index in [0.717, 1.165) is 6.42 Å². The zero-order chi connectivity index (χ0) is 14.1. The molecule has 1 atom stereocenters. The number of nitrogens with one attached hydrogen (secondary N) is 1. The van der Waals surface area contributed by atoms with Gasteiger partial charge in [0.05, 0.1) is 4.87 Å². The second-order valence-electron chi connectivity index (χ2n) is 5.25. The Bertz CT molecular complexity index is 510. The first-order chi connectivity index (χ1) is 8.93. The van der Waals surface area contributed by atoms with Gasteiger partial charge in [-0.3, -0.25) is 0 Å². The summed E-state index contributed by atoms with van der Waals surface area (Å²) in [6, 6.07) is 10.2. The summed E-state index contributed by atoms with van der Waals surface area (Å²) in [5.41, 5.74) is 1.31. The van der Waals surface area contributed by atoms with Crippen molar-refractivity contribution in [3.8, 4) is 0 Å². The summed E-state index contributed by atoms with van der Waals surface area (Å²) < 4.78 is 0. The number of carboxylic acids is 1. The first-order valence-corrected chi connectivity index (χ1v) is 7.26. The third-order valence-electron chi connectivity index (χ3n) is 3.95. The van der Waals surface area contributed by atoms with Gasteiger partial charge in [0, 0.05) is 10.8 Å². The lowest BCUT2D eigenvalue weighted by molar-refractivity contribution is -0.133. The molecule has 1 aliphatic rings. The second kappa shape index (κ2) is 4.93. The Kier molecular flexibility index (Phi) is 3.63. The molecular formula is C15H19NO2S. The van der Waals surface area contributed by atoms with E-state index in [0.29, 0.717) is 0 Å². The van der Waals surface area contributed by atoms with Crippen LogP contribution in [0, 0.1) is 0 Å². The molecule has 2 rings (SSSR count). The van der Waals surface area contributed by atoms with Crippen LogP contribution in [0.3, 0.4) is 0 Å². The number of thioether (sulfide) groups is 1. The van der Waals surface area contributed by atoms with Gasteiger partial charge in [0.25, 0.3) is 0 Å². The van der Waals surface area contributed by atoms with Gasteiger partial charge >= 0.3 is 5.97 Å². The Morgan fingerprint density at radius 2 is 2.00 bits per heavy atom. The fourth-order valence-electron chi connectivity index (χ4n) is 2.55. The largest absolute Gasteiger partial charge is 0.477 e. The summed E-state index contributed by atoms with van der Waals surface area (Å²) >= 11 is 1.57. The maximum atomic E-state index is 11.1. The van der Waals surface area contributed by atoms with E-state index in [-0.39, 0.29) is 16.0 Å². The first-order valence-electron chi connectivity index (χ1n) is 6.38. The number of hydrogen-bond acceptors (Lipinski definition) is 3. The van der Waals surface area contributed by atoms with Crippen molar-refractivity contribution in [2.75, 3.05) is 0 Å². The molecule has 0 aromatic heterocycles. The van der Waals surface area contributed by atoms with E-state index in [1.54, 1.807) is 17.2 Å². The molecule has 0 radical (unpaired) electrons. The van der Waals surface area contributed by atoms with Crippen molar-refractivity contribution in [1.82, 2.24) is 5.32 Å². The van der Waals surface area contributed by atoms with Gasteiger partial charge < -0.3 is 10.4 Å². The molecule has 2 N–H and O–H groups in total. The average molecular weight is 277 g/mol. The molecule has 1 heterocycles. The molecule has 19 heavy (non-hydrogen) atoms. The van der Waals surface area contributed by atoms with Gasteiger partial charge in [-0.15, -0.1) is 11.8 Å². The normalized spacial score (nSPS) is 22.8. The van der Waals surface area contributed by atoms with Gasteiger partial charge in [0.2, 0.25) is 0 Å². The van der Waals surface area contributed by atoms with Crippen molar-refractivity contribution in [2.45, 2.75) is 37.5 Å². The first kappa shape index (κ1) is 14.0. The monoisotopic (exact) mass is 277 g/mol. The molecule has 1 unspecified atom stereocenters. The van der Waals surface area contributed by atoms with Crippen LogP contribution in [0.5, 0.6) is 0 Å². The minimum atomic E-state index is -0.897. The highest BCUT2D eigenvalue weighted by atomic mass is 32.2. The van der Waals surface area contributed by atoms with E-state index in [4.69, 9.17) is 5.11 Å². The third kappa shape index (κ3) is 2.25. The molecule has 0 aliphatic carbocycles. The molecule has 1 aromatic rings. The van der Waals surface area contributed by atoms with E-state index in [1.165, 1.54) is 5.56 Å². The van der Waals surface area contributed by atoms with Gasteiger partial charge in [-0.25, -0.2) is 4.79 Å². The lowest BCUT2D eigenvalue weighted by Crippen LogP contribution is -2.53. The molecule has 102 valence electrons. The third-order valence-corrected chi connectivity index (χ3v) is 5.60. The molecule has 1 aromatic carbocycles. The number of hydrogen-bond donors (Lipinski definition) is 2. The van der Waals surface area contributed by atoms with Crippen LogP contribution in [0.2, 0.25) is 0 Å². The summed E-state index contributed by atoms with van der Waals surface area (Å²) in [4.78, 5) is 10.8. The lowest BCUT2D eigenvalue weighted by atomic mass is 9.76. The highest BCUT2D eigenvalue weighted by Crippen LogP contribution is 2.48. The Balaban J connectivity index is 2.36. The van der Waals surface area contributed by atoms with Crippen molar-refractivity contribution in [2.24, 2.45) is 0 Å². The molecule has 0 amide bonds. The molecule has 1 aliphatic heterocycles. The average Bonchev–Trinajstić information content (AvgIpc) is 2.86. The smallest absolute Gasteiger partial charge is 0.352 e. The standard InChI is InChI=1S/C15H19NO2S/c1-4-15(16-12(10-19-15)13(17)18)14(2,3)11-8-6-5-7-9-11/h5-10,16H,4H2,1-3H3,(H,17,18). The Morgan fingerprint density at radius 3 is 2.47 bits per heavy atom. The summed E-state index contributed by atoms with van der Waals surface area (Å²) in [7, 11) is 0. The Labute approximate surface area is 118 Å². The fraction of sp³-hybridized carbons (Fsp3) is 0.400. The van der Waals surface area contributed by atoms with Gasteiger partial charge in [-0.1, -0.05) is 51.1 Å². The van der Waals surface area contributed by atoms with Crippen LogP contribution in [-0.2, 0) is 10.2 Å². The Morgan fingerprint density at radius 1 is 1.37 bits per heavy atom. The number of aliphatic carboxylic acids is 1. The SMILES string of the molecule is CCC1(C(C)(C)c2ccccc2)NC(C(=O)O)=CS1. The quantitative estimate of drug-likeness (QED) is 0.886. The lowest BCUT2D eigenvalue weighted by Gasteiger charge is -2.44. The minimum absolute atomic E-state index is 0.179. The van der Waals surface area contributed by atoms with E-state index < -0.39 is 5.97 Å². The number of rotatable bonds is 4. The van der Waals surface area contributed by atoms with Crippen molar-refractivity contribution >= 4 is 17.7 Å². The number of carboxylic acid groups (broad SMARTS) is 1. The van der Waals surface area contributed by atoms with Gasteiger partial charge in [-0.2, -0.15) is 0 Å². The maximum Gasteiger partial charge on any atom is 0.352 e. The molecule has 0 saturated carbocycles. The molecule has 3 nitrogen and oxygen atoms in total. The van der Waals surface area contributed by atoms with Crippen LogP contribution in [0.1, 0.15) is 32.8 Å². The number of benzene rings is 1. The zero-order valence-corrected chi connectivity index (χ0v) is 12.3. The van der Waals surface area contributed by atoms with Crippen molar-refractivity contribution in [3.05, 3.63) is 47.0 Å². The van der Waals surface area contributed by atoms with Crippen LogP contribution in [0.25, 0.3) is 0 Å².